The van der Waals surface area contributed by atoms with E-state index in [1.54, 1.807) is 24.3 Å². The summed E-state index contributed by atoms with van der Waals surface area (Å²) in [5, 5.41) is 7.28. The molecule has 0 bridgehead atoms. The number of hydrogen-bond acceptors (Lipinski definition) is 5. The Morgan fingerprint density at radius 2 is 1.53 bits per heavy atom. The lowest BCUT2D eigenvalue weighted by Crippen LogP contribution is -2.50. The fourth-order valence-corrected chi connectivity index (χ4v) is 3.71. The maximum atomic E-state index is 13.1. The third-order valence-corrected chi connectivity index (χ3v) is 5.47. The highest BCUT2D eigenvalue weighted by atomic mass is 35.5. The van der Waals surface area contributed by atoms with E-state index in [0.29, 0.717) is 48.9 Å². The van der Waals surface area contributed by atoms with Crippen LogP contribution in [-0.4, -0.2) is 60.5 Å². The molecule has 1 atom stereocenters. The van der Waals surface area contributed by atoms with Gasteiger partial charge in [-0.1, -0.05) is 23.7 Å². The van der Waals surface area contributed by atoms with Crippen molar-refractivity contribution in [2.75, 3.05) is 38.7 Å². The minimum Gasteiger partial charge on any atom is -0.483 e. The lowest BCUT2D eigenvalue weighted by Gasteiger charge is -2.37. The van der Waals surface area contributed by atoms with E-state index in [1.807, 2.05) is 11.9 Å². The van der Waals surface area contributed by atoms with Crippen LogP contribution in [0.25, 0.3) is 0 Å². The number of alkyl halides is 6. The van der Waals surface area contributed by atoms with Crippen molar-refractivity contribution in [1.82, 2.24) is 15.2 Å². The molecule has 14 heteroatoms. The largest absolute Gasteiger partial charge is 0.483 e. The van der Waals surface area contributed by atoms with E-state index < -0.39 is 41.1 Å². The third-order valence-electron chi connectivity index (χ3n) is 5.23. The smallest absolute Gasteiger partial charge is 0.416 e. The number of halogens is 7. The van der Waals surface area contributed by atoms with E-state index in [1.165, 1.54) is 0 Å². The van der Waals surface area contributed by atoms with Crippen LogP contribution in [0.3, 0.4) is 0 Å². The molecule has 1 saturated heterocycles. The van der Waals surface area contributed by atoms with Gasteiger partial charge in [-0.25, -0.2) is 0 Å². The Kier molecular flexibility index (Phi) is 9.96. The molecule has 0 spiro atoms. The fourth-order valence-electron chi connectivity index (χ4n) is 3.51. The first-order chi connectivity index (χ1) is 16.8. The van der Waals surface area contributed by atoms with Crippen molar-refractivity contribution in [2.45, 2.75) is 18.4 Å². The Morgan fingerprint density at radius 3 is 2.00 bits per heavy atom. The quantitative estimate of drug-likeness (QED) is 0.294. The Balaban J connectivity index is 0.00000145. The summed E-state index contributed by atoms with van der Waals surface area (Å²) < 4.78 is 78.5. The first-order valence-corrected chi connectivity index (χ1v) is 10.7. The lowest BCUT2D eigenvalue weighted by molar-refractivity contribution is -0.143. The molecule has 2 aromatic rings. The first kappa shape index (κ1) is 29.2. The van der Waals surface area contributed by atoms with Gasteiger partial charge in [0.25, 0.3) is 12.4 Å². The molecule has 1 amide bonds. The predicted molar refractivity (Wildman–Crippen MR) is 120 cm³/mol. The molecule has 3 N–H and O–H groups in total. The summed E-state index contributed by atoms with van der Waals surface area (Å²) in [6, 6.07) is 6.73. The highest BCUT2D eigenvalue weighted by Crippen LogP contribution is 2.37. The molecule has 2 aromatic carbocycles. The Labute approximate surface area is 207 Å². The second kappa shape index (κ2) is 12.3. The van der Waals surface area contributed by atoms with Gasteiger partial charge < -0.3 is 10.0 Å². The number of carbonyl (C=O) groups is 2. The number of piperazine rings is 1. The zero-order valence-corrected chi connectivity index (χ0v) is 19.6. The van der Waals surface area contributed by atoms with Gasteiger partial charge in [-0.15, -0.1) is 0 Å². The van der Waals surface area contributed by atoms with Crippen LogP contribution >= 0.6 is 11.6 Å². The average molecular weight is 541 g/mol. The summed E-state index contributed by atoms with van der Waals surface area (Å²) in [6.07, 6.45) is -9.99. The zero-order valence-electron chi connectivity index (χ0n) is 18.8. The van der Waals surface area contributed by atoms with Crippen molar-refractivity contribution in [3.8, 4) is 0 Å². The van der Waals surface area contributed by atoms with Crippen LogP contribution in [0.2, 0.25) is 5.02 Å². The van der Waals surface area contributed by atoms with E-state index in [2.05, 4.69) is 15.8 Å². The summed E-state index contributed by atoms with van der Waals surface area (Å²) in [7, 11) is 1.93. The molecule has 1 heterocycles. The maximum absolute atomic E-state index is 13.1. The van der Waals surface area contributed by atoms with E-state index in [0.717, 1.165) is 0 Å². The summed E-state index contributed by atoms with van der Waals surface area (Å²) in [5.41, 5.74) is 1.50. The summed E-state index contributed by atoms with van der Waals surface area (Å²) >= 11 is 6.06. The van der Waals surface area contributed by atoms with Gasteiger partial charge >= 0.3 is 12.4 Å². The maximum Gasteiger partial charge on any atom is 0.416 e. The molecule has 0 radical (unpaired) electrons. The minimum atomic E-state index is -5.00. The van der Waals surface area contributed by atoms with Crippen LogP contribution in [0.15, 0.2) is 42.5 Å². The molecule has 0 aromatic heterocycles. The zero-order chi connectivity index (χ0) is 27.1. The van der Waals surface area contributed by atoms with Crippen molar-refractivity contribution < 1.29 is 41.0 Å². The van der Waals surface area contributed by atoms with Crippen LogP contribution < -0.4 is 10.9 Å². The topological polar surface area (TPSA) is 84.9 Å². The Bertz CT molecular complexity index is 1010. The number of anilines is 1. The van der Waals surface area contributed by atoms with Crippen molar-refractivity contribution >= 4 is 29.7 Å². The predicted octanol–water partition coefficient (Wildman–Crippen LogP) is 4.51. The highest BCUT2D eigenvalue weighted by Gasteiger charge is 2.37. The number of rotatable bonds is 5. The van der Waals surface area contributed by atoms with Crippen LogP contribution in [0.4, 0.5) is 32.0 Å². The van der Waals surface area contributed by atoms with E-state index in [-0.39, 0.29) is 12.5 Å². The van der Waals surface area contributed by atoms with Gasteiger partial charge in [-0.3, -0.25) is 25.3 Å². The normalized spacial score (nSPS) is 15.9. The number of amides is 1. The molecule has 3 rings (SSSR count). The molecule has 7 nitrogen and oxygen atoms in total. The number of benzene rings is 2. The molecule has 1 fully saturated rings. The van der Waals surface area contributed by atoms with Gasteiger partial charge in [-0.2, -0.15) is 26.3 Å². The van der Waals surface area contributed by atoms with Gasteiger partial charge in [0, 0.05) is 31.2 Å². The Morgan fingerprint density at radius 1 is 1.00 bits per heavy atom. The molecule has 1 unspecified atom stereocenters. The number of hydrogen-bond donors (Lipinski definition) is 3. The first-order valence-electron chi connectivity index (χ1n) is 10.4. The van der Waals surface area contributed by atoms with E-state index >= 15 is 0 Å². The molecule has 0 saturated carbocycles. The van der Waals surface area contributed by atoms with Crippen LogP contribution in [0.1, 0.15) is 22.7 Å². The van der Waals surface area contributed by atoms with Gasteiger partial charge in [0.2, 0.25) is 0 Å². The average Bonchev–Trinajstić information content (AvgIpc) is 2.78. The third kappa shape index (κ3) is 8.28. The molecular weight excluding hydrogens is 518 g/mol. The molecule has 1 aliphatic heterocycles. The second-order valence-electron chi connectivity index (χ2n) is 7.81. The van der Waals surface area contributed by atoms with Crippen molar-refractivity contribution in [3.63, 3.8) is 0 Å². The van der Waals surface area contributed by atoms with Crippen LogP contribution in [0, 0.1) is 0 Å². The molecule has 198 valence electrons. The minimum absolute atomic E-state index is 0.0198. The molecular formula is C22H23ClF6N4O3. The Hall–Kier alpha value is -3.03. The van der Waals surface area contributed by atoms with Crippen LogP contribution in [0.5, 0.6) is 0 Å². The van der Waals surface area contributed by atoms with Gasteiger partial charge in [0.15, 0.2) is 0 Å². The molecule has 1 aliphatic rings. The van der Waals surface area contributed by atoms with Crippen molar-refractivity contribution in [2.24, 2.45) is 0 Å². The number of likely N-dealkylation sites (N-methyl/N-ethyl adjacent to an activating group) is 1. The summed E-state index contributed by atoms with van der Waals surface area (Å²) in [5.74, 6) is -0.646. The number of carboxylic acid groups (broad SMARTS) is 1. The second-order valence-corrected chi connectivity index (χ2v) is 8.25. The van der Waals surface area contributed by atoms with Crippen molar-refractivity contribution in [3.05, 3.63) is 64.2 Å². The van der Waals surface area contributed by atoms with E-state index in [9.17, 15) is 31.1 Å². The molecule has 0 aliphatic carbocycles. The van der Waals surface area contributed by atoms with Gasteiger partial charge in [0.1, 0.15) is 6.04 Å². The van der Waals surface area contributed by atoms with Gasteiger partial charge in [-0.05, 0) is 42.9 Å². The lowest BCUT2D eigenvalue weighted by atomic mass is 10.0. The van der Waals surface area contributed by atoms with E-state index in [4.69, 9.17) is 21.5 Å². The summed E-state index contributed by atoms with van der Waals surface area (Å²) in [6.45, 7) is 2.17. The number of hydrazine groups is 1. The van der Waals surface area contributed by atoms with Crippen molar-refractivity contribution in [1.29, 1.82) is 0 Å². The van der Waals surface area contributed by atoms with Crippen LogP contribution in [-0.2, 0) is 21.9 Å². The number of nitrogens with one attached hydrogen (secondary N) is 2. The summed E-state index contributed by atoms with van der Waals surface area (Å²) in [4.78, 5) is 25.4. The SMILES string of the molecule is CN1CCN(C(C(=O)NNc2cc(C(F)(F)F)cc(C(F)(F)F)c2)c2cccc(Cl)c2)CC1.O=CO. The van der Waals surface area contributed by atoms with Gasteiger partial charge in [0.05, 0.1) is 16.8 Å². The number of nitrogens with zero attached hydrogens (tertiary/aromatic N) is 2. The highest BCUT2D eigenvalue weighted by molar-refractivity contribution is 6.30. The number of carbonyl (C=O) groups excluding carboxylic acids is 1. The molecule has 36 heavy (non-hydrogen) atoms. The monoisotopic (exact) mass is 540 g/mol. The standard InChI is InChI=1S/C21H21ClF6N4O.CH2O2/c1-31-5-7-32(8-6-31)18(13-3-2-4-16(22)9-13)19(33)30-29-17-11-14(20(23,24)25)10-15(12-17)21(26,27)28;2-1-3/h2-4,9-12,18,29H,5-8H2,1H3,(H,30,33);1H,(H,2,3). The fraction of sp³-hybridized carbons (Fsp3) is 0.364.